The number of amides is 2. The lowest BCUT2D eigenvalue weighted by molar-refractivity contribution is -0.120. The molecule has 2 amide bonds. The summed E-state index contributed by atoms with van der Waals surface area (Å²) >= 11 is 0. The van der Waals surface area contributed by atoms with Gasteiger partial charge >= 0.3 is 0 Å². The zero-order valence-electron chi connectivity index (χ0n) is 15.7. The summed E-state index contributed by atoms with van der Waals surface area (Å²) in [6, 6.07) is 10.9. The second kappa shape index (κ2) is 10.7. The fourth-order valence-corrected chi connectivity index (χ4v) is 2.31. The molecule has 7 nitrogen and oxygen atoms in total. The molecule has 0 aliphatic rings. The lowest BCUT2D eigenvalue weighted by atomic mass is 10.2. The van der Waals surface area contributed by atoms with Crippen molar-refractivity contribution in [3.63, 3.8) is 0 Å². The van der Waals surface area contributed by atoms with Crippen LogP contribution in [0.2, 0.25) is 0 Å². The highest BCUT2D eigenvalue weighted by atomic mass is 19.1. The van der Waals surface area contributed by atoms with Crippen molar-refractivity contribution in [2.45, 2.75) is 13.3 Å². The highest BCUT2D eigenvalue weighted by Gasteiger charge is 2.10. The van der Waals surface area contributed by atoms with Crippen molar-refractivity contribution < 1.29 is 23.5 Å². The lowest BCUT2D eigenvalue weighted by Gasteiger charge is -2.09. The number of carbonyl (C=O) groups is 2. The van der Waals surface area contributed by atoms with Crippen LogP contribution < -0.4 is 20.2 Å². The Labute approximate surface area is 162 Å². The van der Waals surface area contributed by atoms with Gasteiger partial charge in [0.15, 0.2) is 11.5 Å². The van der Waals surface area contributed by atoms with E-state index in [1.165, 1.54) is 24.4 Å². The third-order valence-corrected chi connectivity index (χ3v) is 3.65. The van der Waals surface area contributed by atoms with Gasteiger partial charge in [-0.05, 0) is 42.8 Å². The van der Waals surface area contributed by atoms with Crippen molar-refractivity contribution in [1.82, 2.24) is 10.7 Å². The summed E-state index contributed by atoms with van der Waals surface area (Å²) in [7, 11) is 1.55. The van der Waals surface area contributed by atoms with Crippen molar-refractivity contribution in [2.75, 3.05) is 20.3 Å². The molecule has 0 aliphatic heterocycles. The number of nitrogens with one attached hydrogen (secondary N) is 2. The molecule has 0 spiro atoms. The molecule has 2 aromatic carbocycles. The van der Waals surface area contributed by atoms with Crippen LogP contribution in [0.5, 0.6) is 11.5 Å². The molecule has 8 heteroatoms. The van der Waals surface area contributed by atoms with Gasteiger partial charge in [0.05, 0.1) is 25.5 Å². The molecule has 28 heavy (non-hydrogen) atoms. The predicted octanol–water partition coefficient (Wildman–Crippen LogP) is 2.50. The average molecular weight is 387 g/mol. The van der Waals surface area contributed by atoms with Crippen LogP contribution in [-0.4, -0.2) is 38.3 Å². The molecule has 0 radical (unpaired) electrons. The largest absolute Gasteiger partial charge is 0.493 e. The highest BCUT2D eigenvalue weighted by Crippen LogP contribution is 2.27. The number of hydrogen-bond donors (Lipinski definition) is 2. The van der Waals surface area contributed by atoms with Crippen LogP contribution in [0.3, 0.4) is 0 Å². The second-order valence-corrected chi connectivity index (χ2v) is 5.62. The van der Waals surface area contributed by atoms with Gasteiger partial charge in [-0.1, -0.05) is 12.1 Å². The van der Waals surface area contributed by atoms with E-state index in [-0.39, 0.29) is 24.4 Å². The third-order valence-electron chi connectivity index (χ3n) is 3.65. The fourth-order valence-electron chi connectivity index (χ4n) is 2.31. The number of carbonyl (C=O) groups excluding carboxylic acids is 2. The molecule has 0 atom stereocenters. The topological polar surface area (TPSA) is 89.0 Å². The molecule has 148 valence electrons. The molecule has 0 heterocycles. The average Bonchev–Trinajstić information content (AvgIpc) is 2.69. The van der Waals surface area contributed by atoms with Gasteiger partial charge in [0.1, 0.15) is 5.82 Å². The van der Waals surface area contributed by atoms with Crippen LogP contribution in [0.1, 0.15) is 29.3 Å². The zero-order valence-corrected chi connectivity index (χ0v) is 15.7. The number of rotatable bonds is 9. The number of hydrogen-bond acceptors (Lipinski definition) is 5. The Kier molecular flexibility index (Phi) is 7.95. The lowest BCUT2D eigenvalue weighted by Crippen LogP contribution is -2.29. The van der Waals surface area contributed by atoms with Gasteiger partial charge in [-0.15, -0.1) is 0 Å². The first kappa shape index (κ1) is 20.9. The Hall–Kier alpha value is -3.42. The molecule has 0 fully saturated rings. The zero-order chi connectivity index (χ0) is 20.4. The van der Waals surface area contributed by atoms with E-state index in [0.717, 1.165) is 5.56 Å². The van der Waals surface area contributed by atoms with Crippen LogP contribution in [0.25, 0.3) is 0 Å². The van der Waals surface area contributed by atoms with Gasteiger partial charge in [0.25, 0.3) is 5.91 Å². The van der Waals surface area contributed by atoms with Gasteiger partial charge in [0.2, 0.25) is 5.91 Å². The maximum Gasteiger partial charge on any atom is 0.254 e. The summed E-state index contributed by atoms with van der Waals surface area (Å²) in [4.78, 5) is 23.6. The summed E-state index contributed by atoms with van der Waals surface area (Å²) < 4.78 is 24.2. The molecule has 2 aromatic rings. The standard InChI is InChI=1S/C20H22FN3O4/c1-3-28-18-12-14(8-9-17(18)27-2)13-23-24-19(25)10-11-22-20(26)15-6-4-5-7-16(15)21/h4-9,12-13H,3,10-11H2,1-2H3,(H,22,26)(H,24,25). The number of hydrazone groups is 1. The Balaban J connectivity index is 1.80. The smallest absolute Gasteiger partial charge is 0.254 e. The molecule has 0 aromatic heterocycles. The van der Waals surface area contributed by atoms with Crippen LogP contribution in [0, 0.1) is 5.82 Å². The van der Waals surface area contributed by atoms with E-state index in [0.29, 0.717) is 18.1 Å². The molecule has 0 unspecified atom stereocenters. The van der Waals surface area contributed by atoms with E-state index in [2.05, 4.69) is 15.8 Å². The van der Waals surface area contributed by atoms with Crippen LogP contribution in [0.15, 0.2) is 47.6 Å². The van der Waals surface area contributed by atoms with Crippen LogP contribution in [0.4, 0.5) is 4.39 Å². The van der Waals surface area contributed by atoms with Crippen molar-refractivity contribution in [2.24, 2.45) is 5.10 Å². The molecular weight excluding hydrogens is 365 g/mol. The minimum Gasteiger partial charge on any atom is -0.493 e. The Bertz CT molecular complexity index is 855. The molecule has 0 bridgehead atoms. The third kappa shape index (κ3) is 6.08. The minimum absolute atomic E-state index is 0.00431. The van der Waals surface area contributed by atoms with E-state index in [9.17, 15) is 14.0 Å². The van der Waals surface area contributed by atoms with Gasteiger partial charge in [0, 0.05) is 13.0 Å². The number of halogens is 1. The Morgan fingerprint density at radius 1 is 1.18 bits per heavy atom. The summed E-state index contributed by atoms with van der Waals surface area (Å²) in [6.07, 6.45) is 1.47. The van der Waals surface area contributed by atoms with Gasteiger partial charge < -0.3 is 14.8 Å². The van der Waals surface area contributed by atoms with Crippen LogP contribution >= 0.6 is 0 Å². The van der Waals surface area contributed by atoms with Gasteiger partial charge in [-0.2, -0.15) is 5.10 Å². The van der Waals surface area contributed by atoms with Crippen molar-refractivity contribution in [3.05, 3.63) is 59.4 Å². The summed E-state index contributed by atoms with van der Waals surface area (Å²) in [5, 5.41) is 6.37. The van der Waals surface area contributed by atoms with Gasteiger partial charge in [-0.3, -0.25) is 9.59 Å². The molecule has 2 rings (SSSR count). The van der Waals surface area contributed by atoms with Crippen molar-refractivity contribution in [1.29, 1.82) is 0 Å². The number of methoxy groups -OCH3 is 1. The summed E-state index contributed by atoms with van der Waals surface area (Å²) in [5.41, 5.74) is 3.02. The highest BCUT2D eigenvalue weighted by molar-refractivity contribution is 5.94. The van der Waals surface area contributed by atoms with E-state index in [1.54, 1.807) is 31.4 Å². The maximum atomic E-state index is 13.5. The molecule has 0 saturated heterocycles. The Morgan fingerprint density at radius 2 is 1.96 bits per heavy atom. The predicted molar refractivity (Wildman–Crippen MR) is 103 cm³/mol. The molecular formula is C20H22FN3O4. The van der Waals surface area contributed by atoms with Crippen LogP contribution in [-0.2, 0) is 4.79 Å². The number of ether oxygens (including phenoxy) is 2. The molecule has 2 N–H and O–H groups in total. The summed E-state index contributed by atoms with van der Waals surface area (Å²) in [5.74, 6) is -0.385. The van der Waals surface area contributed by atoms with Gasteiger partial charge in [-0.25, -0.2) is 9.82 Å². The van der Waals surface area contributed by atoms with Crippen molar-refractivity contribution >= 4 is 18.0 Å². The van der Waals surface area contributed by atoms with E-state index in [1.807, 2.05) is 6.92 Å². The summed E-state index contributed by atoms with van der Waals surface area (Å²) in [6.45, 7) is 2.42. The Morgan fingerprint density at radius 3 is 2.68 bits per heavy atom. The number of nitrogens with zero attached hydrogens (tertiary/aromatic N) is 1. The van der Waals surface area contributed by atoms with E-state index >= 15 is 0 Å². The van der Waals surface area contributed by atoms with E-state index < -0.39 is 11.7 Å². The van der Waals surface area contributed by atoms with E-state index in [4.69, 9.17) is 9.47 Å². The molecule has 0 aliphatic carbocycles. The fraction of sp³-hybridized carbons (Fsp3) is 0.250. The monoisotopic (exact) mass is 387 g/mol. The maximum absolute atomic E-state index is 13.5. The first-order chi connectivity index (χ1) is 13.5. The van der Waals surface area contributed by atoms with Crippen molar-refractivity contribution in [3.8, 4) is 11.5 Å². The molecule has 0 saturated carbocycles. The SMILES string of the molecule is CCOc1cc(C=NNC(=O)CCNC(=O)c2ccccc2F)ccc1OC. The first-order valence-corrected chi connectivity index (χ1v) is 8.70. The number of benzene rings is 2. The normalized spacial score (nSPS) is 10.5. The second-order valence-electron chi connectivity index (χ2n) is 5.62. The first-order valence-electron chi connectivity index (χ1n) is 8.70. The quantitative estimate of drug-likeness (QED) is 0.511. The minimum atomic E-state index is -0.611.